The molecule has 0 N–H and O–H groups in total. The number of fused-ring (bicyclic) bond motifs is 1. The van der Waals surface area contributed by atoms with Gasteiger partial charge in [0.15, 0.2) is 0 Å². The number of benzene rings is 2. The molecule has 0 spiro atoms. The number of aryl methyl sites for hydroxylation is 1. The summed E-state index contributed by atoms with van der Waals surface area (Å²) in [7, 11) is 1.67. The molecule has 0 fully saturated rings. The third-order valence-corrected chi connectivity index (χ3v) is 4.76. The van der Waals surface area contributed by atoms with Gasteiger partial charge in [0.1, 0.15) is 10.8 Å². The van der Waals surface area contributed by atoms with Crippen LogP contribution < -0.4 is 4.74 Å². The highest BCUT2D eigenvalue weighted by atomic mass is 32.1. The summed E-state index contributed by atoms with van der Waals surface area (Å²) in [5.41, 5.74) is 4.36. The molecule has 23 heavy (non-hydrogen) atoms. The van der Waals surface area contributed by atoms with Crippen molar-refractivity contribution in [1.29, 1.82) is 0 Å². The number of nitrogens with zero attached hydrogens (tertiary/aromatic N) is 3. The third kappa shape index (κ3) is 2.49. The molecule has 2 aromatic carbocycles. The van der Waals surface area contributed by atoms with Crippen molar-refractivity contribution in [2.45, 2.75) is 6.92 Å². The molecule has 0 saturated heterocycles. The molecule has 0 radical (unpaired) electrons. The van der Waals surface area contributed by atoms with E-state index in [0.717, 1.165) is 32.5 Å². The van der Waals surface area contributed by atoms with Crippen LogP contribution in [0.4, 0.5) is 0 Å². The molecule has 0 atom stereocenters. The molecule has 4 rings (SSSR count). The topological polar surface area (TPSA) is 39.4 Å². The van der Waals surface area contributed by atoms with Gasteiger partial charge in [-0.3, -0.25) is 0 Å². The summed E-state index contributed by atoms with van der Waals surface area (Å²) in [5.74, 6) is 0.842. The Morgan fingerprint density at radius 2 is 1.83 bits per heavy atom. The minimum Gasteiger partial charge on any atom is -0.497 e. The summed E-state index contributed by atoms with van der Waals surface area (Å²) in [6.07, 6.45) is 1.97. The van der Waals surface area contributed by atoms with Gasteiger partial charge in [0.25, 0.3) is 0 Å². The SMILES string of the molecule is COc1ccc(-c2cn3nc(-c4ccccc4C)sc3n2)cc1. The molecule has 0 aliphatic rings. The van der Waals surface area contributed by atoms with Crippen LogP contribution in [-0.4, -0.2) is 21.7 Å². The lowest BCUT2D eigenvalue weighted by Gasteiger charge is -2.00. The summed E-state index contributed by atoms with van der Waals surface area (Å²) >= 11 is 1.60. The standard InChI is InChI=1S/C18H15N3OS/c1-12-5-3-4-6-15(12)17-20-21-11-16(19-18(21)23-17)13-7-9-14(22-2)10-8-13/h3-11H,1-2H3. The molecular weight excluding hydrogens is 306 g/mol. The highest BCUT2D eigenvalue weighted by molar-refractivity contribution is 7.19. The van der Waals surface area contributed by atoms with Crippen LogP contribution in [-0.2, 0) is 0 Å². The Kier molecular flexibility index (Phi) is 3.35. The number of hydrogen-bond donors (Lipinski definition) is 0. The molecule has 0 aliphatic heterocycles. The molecule has 2 aromatic heterocycles. The second-order valence-electron chi connectivity index (χ2n) is 5.30. The van der Waals surface area contributed by atoms with Crippen LogP contribution in [0.5, 0.6) is 5.75 Å². The van der Waals surface area contributed by atoms with Crippen molar-refractivity contribution in [3.63, 3.8) is 0 Å². The lowest BCUT2D eigenvalue weighted by molar-refractivity contribution is 0.415. The van der Waals surface area contributed by atoms with Crippen molar-refractivity contribution in [3.05, 3.63) is 60.3 Å². The van der Waals surface area contributed by atoms with E-state index in [1.54, 1.807) is 18.4 Å². The summed E-state index contributed by atoms with van der Waals surface area (Å²) in [4.78, 5) is 5.59. The van der Waals surface area contributed by atoms with E-state index in [4.69, 9.17) is 9.72 Å². The molecule has 0 aliphatic carbocycles. The monoisotopic (exact) mass is 321 g/mol. The number of imidazole rings is 1. The molecule has 4 aromatic rings. The zero-order valence-corrected chi connectivity index (χ0v) is 13.7. The molecule has 5 heteroatoms. The normalized spacial score (nSPS) is 11.0. The van der Waals surface area contributed by atoms with Crippen molar-refractivity contribution >= 4 is 16.3 Å². The van der Waals surface area contributed by atoms with E-state index in [1.807, 2.05) is 47.1 Å². The van der Waals surface area contributed by atoms with E-state index in [2.05, 4.69) is 24.2 Å². The zero-order valence-electron chi connectivity index (χ0n) is 12.9. The largest absolute Gasteiger partial charge is 0.497 e. The summed E-state index contributed by atoms with van der Waals surface area (Å²) in [6.45, 7) is 2.10. The molecule has 2 heterocycles. The molecule has 0 saturated carbocycles. The van der Waals surface area contributed by atoms with Gasteiger partial charge in [-0.05, 0) is 36.8 Å². The van der Waals surface area contributed by atoms with Gasteiger partial charge in [-0.1, -0.05) is 35.6 Å². The average Bonchev–Trinajstić information content (AvgIpc) is 3.14. The Morgan fingerprint density at radius 1 is 1.04 bits per heavy atom. The van der Waals surface area contributed by atoms with E-state index in [9.17, 15) is 0 Å². The van der Waals surface area contributed by atoms with E-state index in [1.165, 1.54) is 5.56 Å². The van der Waals surface area contributed by atoms with Crippen LogP contribution in [0.15, 0.2) is 54.7 Å². The fraction of sp³-hybridized carbons (Fsp3) is 0.111. The minimum atomic E-state index is 0.842. The highest BCUT2D eigenvalue weighted by Crippen LogP contribution is 2.30. The molecule has 4 nitrogen and oxygen atoms in total. The first-order valence-corrected chi connectivity index (χ1v) is 8.13. The first-order chi connectivity index (χ1) is 11.2. The maximum atomic E-state index is 5.19. The summed E-state index contributed by atoms with van der Waals surface area (Å²) < 4.78 is 7.04. The lowest BCUT2D eigenvalue weighted by Crippen LogP contribution is -1.85. The summed E-state index contributed by atoms with van der Waals surface area (Å²) in [5, 5.41) is 5.66. The van der Waals surface area contributed by atoms with Crippen LogP contribution in [0.2, 0.25) is 0 Å². The maximum Gasteiger partial charge on any atom is 0.213 e. The van der Waals surface area contributed by atoms with Crippen LogP contribution in [0, 0.1) is 6.92 Å². The van der Waals surface area contributed by atoms with Crippen molar-refractivity contribution in [2.75, 3.05) is 7.11 Å². The second-order valence-corrected chi connectivity index (χ2v) is 6.26. The third-order valence-electron chi connectivity index (χ3n) is 3.80. The number of rotatable bonds is 3. The van der Waals surface area contributed by atoms with Crippen LogP contribution in [0.25, 0.3) is 26.8 Å². The van der Waals surface area contributed by atoms with E-state index in [-0.39, 0.29) is 0 Å². The Labute approximate surface area is 138 Å². The first kappa shape index (κ1) is 14.0. The minimum absolute atomic E-state index is 0.842. The Hall–Kier alpha value is -2.66. The fourth-order valence-electron chi connectivity index (χ4n) is 2.52. The maximum absolute atomic E-state index is 5.19. The van der Waals surface area contributed by atoms with Gasteiger partial charge in [-0.2, -0.15) is 5.10 Å². The van der Waals surface area contributed by atoms with E-state index >= 15 is 0 Å². The number of aromatic nitrogens is 3. The van der Waals surface area contributed by atoms with Gasteiger partial charge >= 0.3 is 0 Å². The smallest absolute Gasteiger partial charge is 0.213 e. The number of methoxy groups -OCH3 is 1. The summed E-state index contributed by atoms with van der Waals surface area (Å²) in [6, 6.07) is 16.2. The predicted molar refractivity (Wildman–Crippen MR) is 93.0 cm³/mol. The Bertz CT molecular complexity index is 938. The van der Waals surface area contributed by atoms with Crippen LogP contribution in [0.3, 0.4) is 0 Å². The van der Waals surface area contributed by atoms with E-state index < -0.39 is 0 Å². The van der Waals surface area contributed by atoms with Gasteiger partial charge in [0.05, 0.1) is 19.0 Å². The van der Waals surface area contributed by atoms with Crippen LogP contribution in [0.1, 0.15) is 5.56 Å². The van der Waals surface area contributed by atoms with Gasteiger partial charge in [0.2, 0.25) is 4.96 Å². The molecule has 0 unspecified atom stereocenters. The predicted octanol–water partition coefficient (Wildman–Crippen LogP) is 4.44. The van der Waals surface area contributed by atoms with Crippen molar-refractivity contribution in [1.82, 2.24) is 14.6 Å². The molecule has 114 valence electrons. The fourth-order valence-corrected chi connectivity index (χ4v) is 3.49. The Morgan fingerprint density at radius 3 is 2.52 bits per heavy atom. The number of ether oxygens (including phenoxy) is 1. The second kappa shape index (κ2) is 5.52. The highest BCUT2D eigenvalue weighted by Gasteiger charge is 2.12. The van der Waals surface area contributed by atoms with Gasteiger partial charge < -0.3 is 4.74 Å². The Balaban J connectivity index is 1.73. The molecular formula is C18H15N3OS. The van der Waals surface area contributed by atoms with Gasteiger partial charge in [-0.25, -0.2) is 9.50 Å². The average molecular weight is 321 g/mol. The van der Waals surface area contributed by atoms with Gasteiger partial charge in [0, 0.05) is 11.1 Å². The van der Waals surface area contributed by atoms with Gasteiger partial charge in [-0.15, -0.1) is 0 Å². The molecule has 0 amide bonds. The zero-order chi connectivity index (χ0) is 15.8. The first-order valence-electron chi connectivity index (χ1n) is 7.31. The van der Waals surface area contributed by atoms with Crippen molar-refractivity contribution in [3.8, 4) is 27.6 Å². The van der Waals surface area contributed by atoms with Crippen LogP contribution >= 0.6 is 11.3 Å². The van der Waals surface area contributed by atoms with E-state index in [0.29, 0.717) is 0 Å². The molecule has 0 bridgehead atoms. The quantitative estimate of drug-likeness (QED) is 0.560. The van der Waals surface area contributed by atoms with Crippen molar-refractivity contribution < 1.29 is 4.74 Å². The lowest BCUT2D eigenvalue weighted by atomic mass is 10.1. The van der Waals surface area contributed by atoms with Crippen molar-refractivity contribution in [2.24, 2.45) is 0 Å². The number of hydrogen-bond acceptors (Lipinski definition) is 4.